The van der Waals surface area contributed by atoms with Crippen LogP contribution in [0, 0.1) is 0 Å². The molecule has 3 aromatic rings. The van der Waals surface area contributed by atoms with Crippen LogP contribution in [-0.4, -0.2) is 40.6 Å². The lowest BCUT2D eigenvalue weighted by atomic mass is 9.84. The van der Waals surface area contributed by atoms with Gasteiger partial charge in [-0.1, -0.05) is 53.6 Å². The van der Waals surface area contributed by atoms with Crippen molar-refractivity contribution in [3.8, 4) is 0 Å². The fraction of sp³-hybridized carbons (Fsp3) is 0.375. The molecule has 0 unspecified atom stereocenters. The number of carbonyl (C=O) groups is 1. The number of rotatable bonds is 6. The average molecular weight is 515 g/mol. The Morgan fingerprint density at radius 1 is 1.00 bits per heavy atom. The molecule has 2 aliphatic rings. The predicted molar refractivity (Wildman–Crippen MR) is 150 cm³/mol. The second kappa shape index (κ2) is 10.8. The zero-order chi connectivity index (χ0) is 26.0. The van der Waals surface area contributed by atoms with E-state index in [1.807, 2.05) is 30.5 Å². The molecule has 192 valence electrons. The van der Waals surface area contributed by atoms with Crippen molar-refractivity contribution in [2.75, 3.05) is 19.6 Å². The number of aliphatic carboxylic acids is 1. The van der Waals surface area contributed by atoms with Gasteiger partial charge in [-0.25, -0.2) is 0 Å². The predicted octanol–water partition coefficient (Wildman–Crippen LogP) is 6.73. The van der Waals surface area contributed by atoms with Gasteiger partial charge in [-0.15, -0.1) is 0 Å². The number of nitrogens with zero attached hydrogens (tertiary/aromatic N) is 2. The van der Waals surface area contributed by atoms with E-state index in [1.54, 1.807) is 13.8 Å². The second-order valence-electron chi connectivity index (χ2n) is 10.9. The first-order valence-electron chi connectivity index (χ1n) is 13.3. The number of benzene rings is 2. The topological polar surface area (TPSA) is 53.4 Å². The van der Waals surface area contributed by atoms with Gasteiger partial charge >= 0.3 is 5.97 Å². The molecule has 1 N–H and O–H groups in total. The highest BCUT2D eigenvalue weighted by atomic mass is 35.5. The van der Waals surface area contributed by atoms with Crippen LogP contribution in [0.15, 0.2) is 66.4 Å². The number of carboxylic acids is 1. The highest BCUT2D eigenvalue weighted by Gasteiger charge is 2.29. The lowest BCUT2D eigenvalue weighted by Gasteiger charge is -2.30. The highest BCUT2D eigenvalue weighted by molar-refractivity contribution is 6.30. The van der Waals surface area contributed by atoms with Crippen LogP contribution >= 0.6 is 11.6 Å². The number of hydrogen-bond acceptors (Lipinski definition) is 3. The van der Waals surface area contributed by atoms with Crippen LogP contribution in [0.1, 0.15) is 66.6 Å². The van der Waals surface area contributed by atoms with Gasteiger partial charge in [0.15, 0.2) is 0 Å². The molecule has 0 spiro atoms. The molecule has 0 saturated carbocycles. The van der Waals surface area contributed by atoms with Crippen LogP contribution in [0.2, 0.25) is 5.02 Å². The monoisotopic (exact) mass is 514 g/mol. The summed E-state index contributed by atoms with van der Waals surface area (Å²) >= 11 is 6.36. The van der Waals surface area contributed by atoms with Crippen molar-refractivity contribution in [3.63, 3.8) is 0 Å². The molecule has 37 heavy (non-hydrogen) atoms. The minimum Gasteiger partial charge on any atom is -0.481 e. The standard InChI is InChI=1S/C32H35ClN2O2/c1-32(2,31(36)37)26-11-7-22(8-12-26)5-4-18-35-19-15-23(16-20-35)29-28-14-13-27(33)21-25(28)10-9-24-6-3-17-34-30(24)29/h3,6-8,11-14,17,21H,4-5,9-10,15-16,18-20H2,1-2H3,(H,36,37). The van der Waals surface area contributed by atoms with Gasteiger partial charge in [0.2, 0.25) is 0 Å². The molecule has 1 saturated heterocycles. The van der Waals surface area contributed by atoms with Crippen molar-refractivity contribution >= 4 is 23.1 Å². The number of likely N-dealkylation sites (tertiary alicyclic amines) is 1. The third-order valence-electron chi connectivity index (χ3n) is 8.09. The van der Waals surface area contributed by atoms with E-state index in [0.717, 1.165) is 74.4 Å². The largest absolute Gasteiger partial charge is 0.481 e. The van der Waals surface area contributed by atoms with E-state index < -0.39 is 11.4 Å². The molecule has 1 fully saturated rings. The smallest absolute Gasteiger partial charge is 0.313 e. The minimum absolute atomic E-state index is 0.796. The van der Waals surface area contributed by atoms with Crippen molar-refractivity contribution in [3.05, 3.63) is 105 Å². The molecule has 2 heterocycles. The summed E-state index contributed by atoms with van der Waals surface area (Å²) in [7, 11) is 0. The number of aryl methyl sites for hydroxylation is 3. The zero-order valence-corrected chi connectivity index (χ0v) is 22.5. The van der Waals surface area contributed by atoms with Crippen LogP contribution in [0.4, 0.5) is 0 Å². The SMILES string of the molecule is CC(C)(C(=O)O)c1ccc(CCCN2CCC(=C3c4ccc(Cl)cc4CCc4cccnc43)CC2)cc1. The van der Waals surface area contributed by atoms with Crippen molar-refractivity contribution in [1.29, 1.82) is 0 Å². The molecule has 5 rings (SSSR count). The molecule has 4 nitrogen and oxygen atoms in total. The molecule has 0 amide bonds. The Bertz CT molecular complexity index is 1320. The van der Waals surface area contributed by atoms with Gasteiger partial charge in [-0.05, 0) is 105 Å². The van der Waals surface area contributed by atoms with E-state index in [1.165, 1.54) is 33.4 Å². The molecule has 0 radical (unpaired) electrons. The molecular weight excluding hydrogens is 480 g/mol. The molecule has 1 aliphatic heterocycles. The van der Waals surface area contributed by atoms with Crippen LogP contribution in [0.5, 0.6) is 0 Å². The van der Waals surface area contributed by atoms with Gasteiger partial charge in [0.25, 0.3) is 0 Å². The number of pyridine rings is 1. The van der Waals surface area contributed by atoms with Gasteiger partial charge in [0.05, 0.1) is 11.1 Å². The first kappa shape index (κ1) is 25.7. The Morgan fingerprint density at radius 3 is 2.46 bits per heavy atom. The molecule has 2 aromatic carbocycles. The van der Waals surface area contributed by atoms with Gasteiger partial charge in [-0.3, -0.25) is 9.78 Å². The van der Waals surface area contributed by atoms with Crippen LogP contribution in [0.3, 0.4) is 0 Å². The van der Waals surface area contributed by atoms with Crippen LogP contribution in [-0.2, 0) is 29.5 Å². The molecule has 5 heteroatoms. The van der Waals surface area contributed by atoms with E-state index in [0.29, 0.717) is 0 Å². The summed E-state index contributed by atoms with van der Waals surface area (Å²) in [6.07, 6.45) is 8.13. The minimum atomic E-state index is -0.862. The first-order chi connectivity index (χ1) is 17.8. The summed E-state index contributed by atoms with van der Waals surface area (Å²) in [5, 5.41) is 10.3. The molecule has 0 atom stereocenters. The molecular formula is C32H35ClN2O2. The van der Waals surface area contributed by atoms with Gasteiger partial charge in [0.1, 0.15) is 0 Å². The second-order valence-corrected chi connectivity index (χ2v) is 11.3. The van der Waals surface area contributed by atoms with Crippen molar-refractivity contribution in [2.24, 2.45) is 0 Å². The maximum atomic E-state index is 11.5. The maximum absolute atomic E-state index is 11.5. The average Bonchev–Trinajstić information content (AvgIpc) is 3.06. The fourth-order valence-electron chi connectivity index (χ4n) is 5.65. The highest BCUT2D eigenvalue weighted by Crippen LogP contribution is 2.38. The Kier molecular flexibility index (Phi) is 7.50. The van der Waals surface area contributed by atoms with E-state index in [2.05, 4.69) is 35.2 Å². The number of aromatic nitrogens is 1. The summed E-state index contributed by atoms with van der Waals surface area (Å²) in [6, 6.07) is 18.7. The van der Waals surface area contributed by atoms with Gasteiger partial charge in [0, 0.05) is 29.9 Å². The number of hydrogen-bond donors (Lipinski definition) is 1. The third-order valence-corrected chi connectivity index (χ3v) is 8.33. The summed E-state index contributed by atoms with van der Waals surface area (Å²) in [4.78, 5) is 18.9. The lowest BCUT2D eigenvalue weighted by Crippen LogP contribution is -2.32. The molecule has 1 aliphatic carbocycles. The van der Waals surface area contributed by atoms with Gasteiger partial charge < -0.3 is 10.0 Å². The maximum Gasteiger partial charge on any atom is 0.313 e. The van der Waals surface area contributed by atoms with E-state index in [4.69, 9.17) is 16.6 Å². The fourth-order valence-corrected chi connectivity index (χ4v) is 5.84. The number of carboxylic acid groups (broad SMARTS) is 1. The van der Waals surface area contributed by atoms with Crippen LogP contribution in [0.25, 0.3) is 5.57 Å². The van der Waals surface area contributed by atoms with E-state index >= 15 is 0 Å². The number of halogens is 1. The molecule has 0 bridgehead atoms. The summed E-state index contributed by atoms with van der Waals surface area (Å²) < 4.78 is 0. The Labute approximate surface area is 225 Å². The zero-order valence-electron chi connectivity index (χ0n) is 21.8. The Hall–Kier alpha value is -2.95. The number of fused-ring (bicyclic) bond motifs is 2. The van der Waals surface area contributed by atoms with Crippen molar-refractivity contribution in [2.45, 2.75) is 57.8 Å². The Morgan fingerprint density at radius 2 is 1.73 bits per heavy atom. The van der Waals surface area contributed by atoms with Crippen LogP contribution < -0.4 is 0 Å². The number of piperidine rings is 1. The first-order valence-corrected chi connectivity index (χ1v) is 13.7. The van der Waals surface area contributed by atoms with Crippen molar-refractivity contribution < 1.29 is 9.90 Å². The van der Waals surface area contributed by atoms with E-state index in [-0.39, 0.29) is 0 Å². The summed E-state index contributed by atoms with van der Waals surface area (Å²) in [6.45, 7) is 6.71. The third kappa shape index (κ3) is 5.51. The summed E-state index contributed by atoms with van der Waals surface area (Å²) in [5.74, 6) is -0.796. The van der Waals surface area contributed by atoms with Crippen molar-refractivity contribution in [1.82, 2.24) is 9.88 Å². The normalized spacial score (nSPS) is 16.2. The van der Waals surface area contributed by atoms with Gasteiger partial charge in [-0.2, -0.15) is 0 Å². The Balaban J connectivity index is 1.24. The summed E-state index contributed by atoms with van der Waals surface area (Å²) in [5.41, 5.74) is 9.22. The molecule has 1 aromatic heterocycles. The quantitative estimate of drug-likeness (QED) is 0.396. The van der Waals surface area contributed by atoms with E-state index in [9.17, 15) is 9.90 Å². The lowest BCUT2D eigenvalue weighted by molar-refractivity contribution is -0.142.